The summed E-state index contributed by atoms with van der Waals surface area (Å²) < 4.78 is 11.3. The standard InChI is InChI=1S/C33H51N3O5/c1-2-3-4-5-6-7-8-9-10-11-12-13-14-15-16-17-32(38)35-36-33(39)34-26-27-40-29-22-24-31(25-23-29)41-30-20-18-28(37)19-21-30/h18-25,37H,2-17,26-27H2,1H3,(H,35,38)(H2,34,36,39). The first-order valence-electron chi connectivity index (χ1n) is 15.6. The van der Waals surface area contributed by atoms with Gasteiger partial charge in [0.05, 0.1) is 6.54 Å². The number of ether oxygens (including phenoxy) is 2. The molecule has 0 saturated heterocycles. The minimum absolute atomic E-state index is 0.180. The fraction of sp³-hybridized carbons (Fsp3) is 0.576. The number of hydrazine groups is 1. The molecular weight excluding hydrogens is 518 g/mol. The third kappa shape index (κ3) is 17.8. The first-order chi connectivity index (χ1) is 20.1. The highest BCUT2D eigenvalue weighted by atomic mass is 16.5. The van der Waals surface area contributed by atoms with E-state index in [4.69, 9.17) is 9.47 Å². The van der Waals surface area contributed by atoms with Gasteiger partial charge in [0.2, 0.25) is 5.91 Å². The summed E-state index contributed by atoms with van der Waals surface area (Å²) in [5.41, 5.74) is 4.83. The van der Waals surface area contributed by atoms with Gasteiger partial charge < -0.3 is 19.9 Å². The summed E-state index contributed by atoms with van der Waals surface area (Å²) in [4.78, 5) is 23.8. The van der Waals surface area contributed by atoms with Crippen LogP contribution in [0.4, 0.5) is 4.79 Å². The van der Waals surface area contributed by atoms with Crippen LogP contribution in [-0.4, -0.2) is 30.2 Å². The average molecular weight is 570 g/mol. The molecule has 4 N–H and O–H groups in total. The zero-order valence-corrected chi connectivity index (χ0v) is 24.9. The molecule has 0 radical (unpaired) electrons. The van der Waals surface area contributed by atoms with Crippen molar-refractivity contribution in [2.75, 3.05) is 13.2 Å². The number of phenols is 1. The van der Waals surface area contributed by atoms with Crippen LogP contribution in [0, 0.1) is 0 Å². The number of carbonyl (C=O) groups is 2. The Morgan fingerprint density at radius 1 is 0.634 bits per heavy atom. The third-order valence-corrected chi connectivity index (χ3v) is 6.88. The van der Waals surface area contributed by atoms with Gasteiger partial charge in [0, 0.05) is 6.42 Å². The summed E-state index contributed by atoms with van der Waals surface area (Å²) in [7, 11) is 0. The van der Waals surface area contributed by atoms with Crippen LogP contribution in [-0.2, 0) is 4.79 Å². The largest absolute Gasteiger partial charge is 0.508 e. The number of phenolic OH excluding ortho intramolecular Hbond substituents is 1. The van der Waals surface area contributed by atoms with Crippen molar-refractivity contribution in [2.45, 2.75) is 110 Å². The van der Waals surface area contributed by atoms with Crippen LogP contribution in [0.5, 0.6) is 23.0 Å². The molecule has 0 aromatic heterocycles. The summed E-state index contributed by atoms with van der Waals surface area (Å²) in [6.07, 6.45) is 19.7. The normalized spacial score (nSPS) is 10.7. The highest BCUT2D eigenvalue weighted by Crippen LogP contribution is 2.25. The first-order valence-corrected chi connectivity index (χ1v) is 15.6. The number of amides is 3. The number of rotatable bonds is 22. The first kappa shape index (κ1) is 33.8. The average Bonchev–Trinajstić information content (AvgIpc) is 2.98. The molecule has 228 valence electrons. The number of unbranched alkanes of at least 4 members (excludes halogenated alkanes) is 14. The summed E-state index contributed by atoms with van der Waals surface area (Å²) in [5, 5.41) is 12.0. The highest BCUT2D eigenvalue weighted by molar-refractivity contribution is 5.80. The van der Waals surface area contributed by atoms with Crippen molar-refractivity contribution in [1.82, 2.24) is 16.2 Å². The lowest BCUT2D eigenvalue weighted by Gasteiger charge is -2.11. The molecule has 0 spiro atoms. The lowest BCUT2D eigenvalue weighted by Crippen LogP contribution is -2.47. The van der Waals surface area contributed by atoms with E-state index in [1.54, 1.807) is 48.5 Å². The van der Waals surface area contributed by atoms with E-state index in [0.717, 1.165) is 19.3 Å². The summed E-state index contributed by atoms with van der Waals surface area (Å²) in [6.45, 7) is 2.82. The van der Waals surface area contributed by atoms with Gasteiger partial charge in [-0.15, -0.1) is 0 Å². The maximum atomic E-state index is 12.0. The number of carbonyl (C=O) groups excluding carboxylic acids is 2. The van der Waals surface area contributed by atoms with Gasteiger partial charge in [-0.2, -0.15) is 0 Å². The van der Waals surface area contributed by atoms with Crippen molar-refractivity contribution in [1.29, 1.82) is 0 Å². The zero-order chi connectivity index (χ0) is 29.4. The monoisotopic (exact) mass is 569 g/mol. The third-order valence-electron chi connectivity index (χ3n) is 6.88. The Bertz CT molecular complexity index is 950. The molecule has 0 aliphatic heterocycles. The van der Waals surface area contributed by atoms with Gasteiger partial charge in [0.15, 0.2) is 0 Å². The van der Waals surface area contributed by atoms with Gasteiger partial charge in [0.1, 0.15) is 29.6 Å². The van der Waals surface area contributed by atoms with E-state index in [0.29, 0.717) is 23.7 Å². The number of hydrogen-bond acceptors (Lipinski definition) is 5. The van der Waals surface area contributed by atoms with E-state index in [1.165, 1.54) is 77.0 Å². The Kier molecular flexibility index (Phi) is 18.4. The van der Waals surface area contributed by atoms with Gasteiger partial charge in [-0.3, -0.25) is 10.2 Å². The van der Waals surface area contributed by atoms with E-state index in [1.807, 2.05) is 0 Å². The zero-order valence-electron chi connectivity index (χ0n) is 24.9. The Hall–Kier alpha value is -3.42. The fourth-order valence-corrected chi connectivity index (χ4v) is 4.48. The number of nitrogens with one attached hydrogen (secondary N) is 3. The number of hydrogen-bond donors (Lipinski definition) is 4. The van der Waals surface area contributed by atoms with E-state index in [-0.39, 0.29) is 24.8 Å². The molecule has 41 heavy (non-hydrogen) atoms. The van der Waals surface area contributed by atoms with Crippen molar-refractivity contribution < 1.29 is 24.2 Å². The van der Waals surface area contributed by atoms with Crippen LogP contribution in [0.3, 0.4) is 0 Å². The molecule has 8 nitrogen and oxygen atoms in total. The molecule has 0 unspecified atom stereocenters. The number of benzene rings is 2. The Morgan fingerprint density at radius 3 is 1.63 bits per heavy atom. The minimum Gasteiger partial charge on any atom is -0.508 e. The van der Waals surface area contributed by atoms with Crippen molar-refractivity contribution in [3.8, 4) is 23.0 Å². The van der Waals surface area contributed by atoms with Crippen LogP contribution in [0.1, 0.15) is 110 Å². The van der Waals surface area contributed by atoms with E-state index in [9.17, 15) is 14.7 Å². The Morgan fingerprint density at radius 2 is 1.10 bits per heavy atom. The second-order valence-electron chi connectivity index (χ2n) is 10.5. The molecule has 0 bridgehead atoms. The Labute approximate surface area is 246 Å². The predicted molar refractivity (Wildman–Crippen MR) is 164 cm³/mol. The quantitative estimate of drug-likeness (QED) is 0.0845. The second kappa shape index (κ2) is 22.3. The van der Waals surface area contributed by atoms with Crippen molar-refractivity contribution in [3.63, 3.8) is 0 Å². The topological polar surface area (TPSA) is 109 Å². The summed E-state index contributed by atoms with van der Waals surface area (Å²) in [5.74, 6) is 1.90. The molecule has 0 aliphatic carbocycles. The van der Waals surface area contributed by atoms with Gasteiger partial charge in [-0.25, -0.2) is 10.2 Å². The predicted octanol–water partition coefficient (Wildman–Crippen LogP) is 8.16. The molecule has 3 amide bonds. The highest BCUT2D eigenvalue weighted by Gasteiger charge is 2.05. The molecular formula is C33H51N3O5. The lowest BCUT2D eigenvalue weighted by atomic mass is 10.0. The van der Waals surface area contributed by atoms with Gasteiger partial charge in [-0.05, 0) is 55.0 Å². The Balaban J connectivity index is 1.37. The van der Waals surface area contributed by atoms with E-state index >= 15 is 0 Å². The van der Waals surface area contributed by atoms with Gasteiger partial charge in [0.25, 0.3) is 0 Å². The molecule has 0 heterocycles. The number of aromatic hydroxyl groups is 1. The minimum atomic E-state index is -0.476. The van der Waals surface area contributed by atoms with E-state index < -0.39 is 6.03 Å². The molecule has 0 fully saturated rings. The molecule has 0 aliphatic rings. The molecule has 2 rings (SSSR count). The molecule has 0 atom stereocenters. The maximum absolute atomic E-state index is 12.0. The van der Waals surface area contributed by atoms with E-state index in [2.05, 4.69) is 23.1 Å². The fourth-order valence-electron chi connectivity index (χ4n) is 4.48. The van der Waals surface area contributed by atoms with Gasteiger partial charge in [-0.1, -0.05) is 96.8 Å². The SMILES string of the molecule is CCCCCCCCCCCCCCCCCC(=O)NNC(=O)NCCOc1ccc(Oc2ccc(O)cc2)cc1. The number of urea groups is 1. The van der Waals surface area contributed by atoms with Crippen LogP contribution < -0.4 is 25.6 Å². The van der Waals surface area contributed by atoms with Gasteiger partial charge >= 0.3 is 6.03 Å². The maximum Gasteiger partial charge on any atom is 0.333 e. The molecule has 2 aromatic rings. The second-order valence-corrected chi connectivity index (χ2v) is 10.5. The molecule has 8 heteroatoms. The molecule has 0 saturated carbocycles. The van der Waals surface area contributed by atoms with Crippen molar-refractivity contribution in [2.24, 2.45) is 0 Å². The van der Waals surface area contributed by atoms with Crippen LogP contribution in [0.2, 0.25) is 0 Å². The van der Waals surface area contributed by atoms with Crippen LogP contribution in [0.25, 0.3) is 0 Å². The molecule has 2 aromatic carbocycles. The summed E-state index contributed by atoms with van der Waals surface area (Å²) in [6, 6.07) is 13.1. The van der Waals surface area contributed by atoms with Crippen molar-refractivity contribution in [3.05, 3.63) is 48.5 Å². The lowest BCUT2D eigenvalue weighted by molar-refractivity contribution is -0.121. The van der Waals surface area contributed by atoms with Crippen LogP contribution >= 0.6 is 0 Å². The van der Waals surface area contributed by atoms with Crippen molar-refractivity contribution >= 4 is 11.9 Å². The summed E-state index contributed by atoms with van der Waals surface area (Å²) >= 11 is 0. The smallest absolute Gasteiger partial charge is 0.333 e. The van der Waals surface area contributed by atoms with Crippen LogP contribution in [0.15, 0.2) is 48.5 Å².